The van der Waals surface area contributed by atoms with E-state index < -0.39 is 6.61 Å². The maximum atomic E-state index is 12.3. The van der Waals surface area contributed by atoms with Crippen molar-refractivity contribution in [1.82, 2.24) is 16.0 Å². The Morgan fingerprint density at radius 3 is 2.50 bits per heavy atom. The Hall–Kier alpha value is -1.85. The zero-order valence-corrected chi connectivity index (χ0v) is 20.0. The van der Waals surface area contributed by atoms with Crippen molar-refractivity contribution in [3.8, 4) is 5.75 Å². The van der Waals surface area contributed by atoms with Crippen molar-refractivity contribution in [3.63, 3.8) is 0 Å². The van der Waals surface area contributed by atoms with Crippen molar-refractivity contribution in [1.29, 1.82) is 0 Å². The molecule has 1 aliphatic heterocycles. The van der Waals surface area contributed by atoms with Crippen LogP contribution in [0.25, 0.3) is 0 Å². The second-order valence-electron chi connectivity index (χ2n) is 7.25. The molecule has 0 aromatic heterocycles. The zero-order chi connectivity index (χ0) is 21.2. The minimum absolute atomic E-state index is 0. The lowest BCUT2D eigenvalue weighted by Gasteiger charge is -2.35. The van der Waals surface area contributed by atoms with Gasteiger partial charge in [0.2, 0.25) is 5.91 Å². The van der Waals surface area contributed by atoms with Gasteiger partial charge in [-0.25, -0.2) is 0 Å². The van der Waals surface area contributed by atoms with Crippen molar-refractivity contribution < 1.29 is 18.3 Å². The molecular weight excluding hydrogens is 507 g/mol. The van der Waals surface area contributed by atoms with E-state index in [-0.39, 0.29) is 47.6 Å². The lowest BCUT2D eigenvalue weighted by molar-refractivity contribution is -0.123. The summed E-state index contributed by atoms with van der Waals surface area (Å²) in [7, 11) is 1.71. The molecule has 0 spiro atoms. The van der Waals surface area contributed by atoms with Crippen molar-refractivity contribution >= 4 is 41.5 Å². The molecule has 7 nitrogen and oxygen atoms in total. The van der Waals surface area contributed by atoms with Gasteiger partial charge in [-0.3, -0.25) is 9.79 Å². The number of hydrogen-bond acceptors (Lipinski definition) is 4. The van der Waals surface area contributed by atoms with E-state index in [0.29, 0.717) is 19.0 Å². The minimum Gasteiger partial charge on any atom is -0.435 e. The average molecular weight is 539 g/mol. The lowest BCUT2D eigenvalue weighted by atomic mass is 10.0. The quantitative estimate of drug-likeness (QED) is 0.205. The first-order valence-corrected chi connectivity index (χ1v) is 9.93. The molecule has 2 rings (SSSR count). The fraction of sp³-hybridized carbons (Fsp3) is 0.600. The van der Waals surface area contributed by atoms with Gasteiger partial charge in [-0.1, -0.05) is 13.8 Å². The predicted molar refractivity (Wildman–Crippen MR) is 126 cm³/mol. The molecule has 30 heavy (non-hydrogen) atoms. The Labute approximate surface area is 194 Å². The summed E-state index contributed by atoms with van der Waals surface area (Å²) in [5, 5.41) is 9.48. The molecule has 1 heterocycles. The standard InChI is InChI=1S/C20H31F2N5O2.HI/c1-14(2)18(28)24-10-11-25-20(23-3)26-15-5-4-12-27(13-15)16-6-8-17(9-7-16)29-19(21)22;/h6-9,14-15,19H,4-5,10-13H2,1-3H3,(H,24,28)(H2,23,25,26);1H. The van der Waals surface area contributed by atoms with Crippen LogP contribution in [0.2, 0.25) is 0 Å². The summed E-state index contributed by atoms with van der Waals surface area (Å²) in [6.07, 6.45) is 2.02. The molecule has 0 aliphatic carbocycles. The Balaban J connectivity index is 0.00000450. The molecule has 10 heteroatoms. The summed E-state index contributed by atoms with van der Waals surface area (Å²) in [4.78, 5) is 18.0. The maximum Gasteiger partial charge on any atom is 0.387 e. The molecule has 1 saturated heterocycles. The van der Waals surface area contributed by atoms with Crippen LogP contribution in [0.15, 0.2) is 29.3 Å². The van der Waals surface area contributed by atoms with Crippen LogP contribution in [0.3, 0.4) is 0 Å². The fourth-order valence-corrected chi connectivity index (χ4v) is 3.13. The van der Waals surface area contributed by atoms with Crippen LogP contribution < -0.4 is 25.6 Å². The monoisotopic (exact) mass is 539 g/mol. The van der Waals surface area contributed by atoms with Crippen LogP contribution in [0.1, 0.15) is 26.7 Å². The van der Waals surface area contributed by atoms with Crippen LogP contribution >= 0.6 is 24.0 Å². The normalized spacial score (nSPS) is 16.8. The van der Waals surface area contributed by atoms with Crippen molar-refractivity contribution in [2.75, 3.05) is 38.1 Å². The lowest BCUT2D eigenvalue weighted by Crippen LogP contribution is -2.52. The van der Waals surface area contributed by atoms with E-state index >= 15 is 0 Å². The smallest absolute Gasteiger partial charge is 0.387 e. The third kappa shape index (κ3) is 8.88. The number of nitrogens with zero attached hydrogens (tertiary/aromatic N) is 2. The van der Waals surface area contributed by atoms with Gasteiger partial charge in [0, 0.05) is 50.9 Å². The third-order valence-electron chi connectivity index (χ3n) is 4.65. The number of carbonyl (C=O) groups is 1. The number of aliphatic imine (C=N–C) groups is 1. The fourth-order valence-electron chi connectivity index (χ4n) is 3.13. The maximum absolute atomic E-state index is 12.3. The minimum atomic E-state index is -2.82. The van der Waals surface area contributed by atoms with Crippen molar-refractivity contribution in [3.05, 3.63) is 24.3 Å². The molecular formula is C20H32F2IN5O2. The van der Waals surface area contributed by atoms with Crippen LogP contribution in [0.5, 0.6) is 5.75 Å². The van der Waals surface area contributed by atoms with Gasteiger partial charge in [-0.05, 0) is 37.1 Å². The molecule has 1 aromatic carbocycles. The molecule has 0 saturated carbocycles. The highest BCUT2D eigenvalue weighted by Crippen LogP contribution is 2.23. The summed E-state index contributed by atoms with van der Waals surface area (Å²) < 4.78 is 29.0. The van der Waals surface area contributed by atoms with Gasteiger partial charge >= 0.3 is 6.61 Å². The summed E-state index contributed by atoms with van der Waals surface area (Å²) in [5.74, 6) is 0.847. The number of anilines is 1. The Morgan fingerprint density at radius 2 is 1.90 bits per heavy atom. The molecule has 1 fully saturated rings. The van der Waals surface area contributed by atoms with Crippen LogP contribution in [0, 0.1) is 5.92 Å². The van der Waals surface area contributed by atoms with Gasteiger partial charge in [0.25, 0.3) is 0 Å². The van der Waals surface area contributed by atoms with E-state index in [9.17, 15) is 13.6 Å². The molecule has 1 aromatic rings. The first-order valence-electron chi connectivity index (χ1n) is 9.93. The summed E-state index contributed by atoms with van der Waals surface area (Å²) in [6, 6.07) is 6.92. The van der Waals surface area contributed by atoms with Crippen LogP contribution in [-0.2, 0) is 4.79 Å². The van der Waals surface area contributed by atoms with Crippen LogP contribution in [0.4, 0.5) is 14.5 Å². The molecule has 1 aliphatic rings. The Bertz CT molecular complexity index is 674. The largest absolute Gasteiger partial charge is 0.435 e. The van der Waals surface area contributed by atoms with E-state index in [0.717, 1.165) is 31.6 Å². The van der Waals surface area contributed by atoms with Gasteiger partial charge in [0.15, 0.2) is 5.96 Å². The number of alkyl halides is 2. The number of ether oxygens (including phenoxy) is 1. The highest BCUT2D eigenvalue weighted by molar-refractivity contribution is 14.0. The molecule has 0 bridgehead atoms. The zero-order valence-electron chi connectivity index (χ0n) is 17.7. The summed E-state index contributed by atoms with van der Waals surface area (Å²) >= 11 is 0. The first-order chi connectivity index (χ1) is 13.9. The van der Waals surface area contributed by atoms with Crippen molar-refractivity contribution in [2.45, 2.75) is 39.3 Å². The topological polar surface area (TPSA) is 78.0 Å². The highest BCUT2D eigenvalue weighted by atomic mass is 127. The van der Waals surface area contributed by atoms with E-state index in [1.165, 1.54) is 0 Å². The third-order valence-corrected chi connectivity index (χ3v) is 4.65. The molecule has 0 radical (unpaired) electrons. The van der Waals surface area contributed by atoms with E-state index in [2.05, 4.69) is 30.6 Å². The summed E-state index contributed by atoms with van der Waals surface area (Å²) in [5.41, 5.74) is 0.970. The number of halogens is 3. The number of piperidine rings is 1. The second kappa shape index (κ2) is 13.5. The Kier molecular flexibility index (Phi) is 11.7. The Morgan fingerprint density at radius 1 is 1.23 bits per heavy atom. The molecule has 1 unspecified atom stereocenters. The highest BCUT2D eigenvalue weighted by Gasteiger charge is 2.21. The number of guanidine groups is 1. The van der Waals surface area contributed by atoms with Gasteiger partial charge in [-0.15, -0.1) is 24.0 Å². The number of amides is 1. The second-order valence-corrected chi connectivity index (χ2v) is 7.25. The molecule has 1 amide bonds. The SMILES string of the molecule is CN=C(NCCNC(=O)C(C)C)NC1CCCN(c2ccc(OC(F)F)cc2)C1.I. The number of benzene rings is 1. The van der Waals surface area contributed by atoms with Gasteiger partial charge < -0.3 is 25.6 Å². The number of carbonyl (C=O) groups excluding carboxylic acids is 1. The molecule has 170 valence electrons. The van der Waals surface area contributed by atoms with E-state index in [4.69, 9.17) is 0 Å². The van der Waals surface area contributed by atoms with E-state index in [1.54, 1.807) is 31.3 Å². The van der Waals surface area contributed by atoms with Crippen molar-refractivity contribution in [2.24, 2.45) is 10.9 Å². The van der Waals surface area contributed by atoms with Gasteiger partial charge in [0.05, 0.1) is 0 Å². The molecule has 1 atom stereocenters. The summed E-state index contributed by atoms with van der Waals surface area (Å²) in [6.45, 7) is 3.69. The van der Waals surface area contributed by atoms with Gasteiger partial charge in [-0.2, -0.15) is 8.78 Å². The van der Waals surface area contributed by atoms with Crippen LogP contribution in [-0.4, -0.2) is 57.7 Å². The molecule has 3 N–H and O–H groups in total. The van der Waals surface area contributed by atoms with Gasteiger partial charge in [0.1, 0.15) is 5.75 Å². The number of nitrogens with one attached hydrogen (secondary N) is 3. The van der Waals surface area contributed by atoms with E-state index in [1.807, 2.05) is 13.8 Å². The average Bonchev–Trinajstić information content (AvgIpc) is 2.70. The first kappa shape index (κ1) is 26.2. The predicted octanol–water partition coefficient (Wildman–Crippen LogP) is 2.81. The number of hydrogen-bond donors (Lipinski definition) is 3. The number of rotatable bonds is 8.